The lowest BCUT2D eigenvalue weighted by Gasteiger charge is -2.06. The summed E-state index contributed by atoms with van der Waals surface area (Å²) in [5.41, 5.74) is 0.687. The molecular weight excluding hydrogens is 181 g/mol. The predicted octanol–water partition coefficient (Wildman–Crippen LogP) is 2.46. The summed E-state index contributed by atoms with van der Waals surface area (Å²) in [6.07, 6.45) is 0.413. The lowest BCUT2D eigenvalue weighted by atomic mass is 9.99. The molecule has 0 aliphatic carbocycles. The SMILES string of the molecule is CCc1c(C(C)=O)ccc(C#N)c1F. The third-order valence-electron chi connectivity index (χ3n) is 2.10. The molecule has 14 heavy (non-hydrogen) atoms. The Morgan fingerprint density at radius 3 is 2.64 bits per heavy atom. The van der Waals surface area contributed by atoms with Crippen LogP contribution in [0.25, 0.3) is 0 Å². The van der Waals surface area contributed by atoms with Crippen molar-refractivity contribution in [2.45, 2.75) is 20.3 Å². The van der Waals surface area contributed by atoms with Crippen LogP contribution < -0.4 is 0 Å². The first kappa shape index (κ1) is 10.4. The Morgan fingerprint density at radius 2 is 2.21 bits per heavy atom. The van der Waals surface area contributed by atoms with E-state index in [1.807, 2.05) is 0 Å². The Hall–Kier alpha value is -1.69. The van der Waals surface area contributed by atoms with E-state index in [2.05, 4.69) is 0 Å². The summed E-state index contributed by atoms with van der Waals surface area (Å²) >= 11 is 0. The van der Waals surface area contributed by atoms with E-state index in [0.29, 0.717) is 17.5 Å². The number of carbonyl (C=O) groups is 1. The number of benzene rings is 1. The van der Waals surface area contributed by atoms with Crippen LogP contribution in [0, 0.1) is 17.1 Å². The molecule has 0 aromatic heterocycles. The van der Waals surface area contributed by atoms with Crippen LogP contribution in [-0.4, -0.2) is 5.78 Å². The number of carbonyl (C=O) groups excluding carboxylic acids is 1. The van der Waals surface area contributed by atoms with E-state index in [-0.39, 0.29) is 11.3 Å². The Balaban J connectivity index is 3.45. The zero-order valence-corrected chi connectivity index (χ0v) is 8.10. The highest BCUT2D eigenvalue weighted by Gasteiger charge is 2.13. The molecule has 0 amide bonds. The fourth-order valence-electron chi connectivity index (χ4n) is 1.38. The quantitative estimate of drug-likeness (QED) is 0.674. The number of hydrogen-bond donors (Lipinski definition) is 0. The monoisotopic (exact) mass is 191 g/mol. The molecule has 0 saturated carbocycles. The second-order valence-electron chi connectivity index (χ2n) is 2.97. The van der Waals surface area contributed by atoms with Gasteiger partial charge < -0.3 is 0 Å². The van der Waals surface area contributed by atoms with Crippen molar-refractivity contribution in [1.29, 1.82) is 5.26 Å². The van der Waals surface area contributed by atoms with Crippen molar-refractivity contribution in [1.82, 2.24) is 0 Å². The van der Waals surface area contributed by atoms with Crippen molar-refractivity contribution in [3.05, 3.63) is 34.6 Å². The molecule has 72 valence electrons. The summed E-state index contributed by atoms with van der Waals surface area (Å²) < 4.78 is 13.5. The number of halogens is 1. The first-order valence-corrected chi connectivity index (χ1v) is 4.34. The molecule has 0 unspecified atom stereocenters. The summed E-state index contributed by atoms with van der Waals surface area (Å²) in [6, 6.07) is 4.59. The standard InChI is InChI=1S/C11H10FNO/c1-3-9-10(7(2)14)5-4-8(6-13)11(9)12/h4-5H,3H2,1-2H3. The molecule has 0 heterocycles. The van der Waals surface area contributed by atoms with Gasteiger partial charge in [0.05, 0.1) is 5.56 Å². The van der Waals surface area contributed by atoms with Gasteiger partial charge in [-0.2, -0.15) is 5.26 Å². The van der Waals surface area contributed by atoms with E-state index in [9.17, 15) is 9.18 Å². The Bertz CT molecular complexity index is 418. The van der Waals surface area contributed by atoms with Crippen LogP contribution >= 0.6 is 0 Å². The van der Waals surface area contributed by atoms with Gasteiger partial charge in [0.1, 0.15) is 11.9 Å². The van der Waals surface area contributed by atoms with Crippen LogP contribution in [0.3, 0.4) is 0 Å². The van der Waals surface area contributed by atoms with Crippen LogP contribution in [0.5, 0.6) is 0 Å². The molecule has 0 aliphatic heterocycles. The topological polar surface area (TPSA) is 40.9 Å². The number of hydrogen-bond acceptors (Lipinski definition) is 2. The van der Waals surface area contributed by atoms with Gasteiger partial charge in [0.2, 0.25) is 0 Å². The summed E-state index contributed by atoms with van der Waals surface area (Å²) in [7, 11) is 0. The first-order valence-electron chi connectivity index (χ1n) is 4.34. The number of rotatable bonds is 2. The van der Waals surface area contributed by atoms with Gasteiger partial charge in [0.15, 0.2) is 5.78 Å². The highest BCUT2D eigenvalue weighted by atomic mass is 19.1. The van der Waals surface area contributed by atoms with Crippen molar-refractivity contribution < 1.29 is 9.18 Å². The van der Waals surface area contributed by atoms with E-state index in [1.165, 1.54) is 19.1 Å². The molecule has 0 fully saturated rings. The highest BCUT2D eigenvalue weighted by molar-refractivity contribution is 5.95. The highest BCUT2D eigenvalue weighted by Crippen LogP contribution is 2.18. The summed E-state index contributed by atoms with van der Waals surface area (Å²) in [5, 5.41) is 8.59. The average Bonchev–Trinajstić information content (AvgIpc) is 2.17. The maximum absolute atomic E-state index is 13.5. The van der Waals surface area contributed by atoms with Gasteiger partial charge in [-0.1, -0.05) is 6.92 Å². The minimum atomic E-state index is -0.567. The van der Waals surface area contributed by atoms with Crippen molar-refractivity contribution in [3.8, 4) is 6.07 Å². The van der Waals surface area contributed by atoms with E-state index >= 15 is 0 Å². The molecule has 0 atom stereocenters. The van der Waals surface area contributed by atoms with Crippen molar-refractivity contribution in [2.24, 2.45) is 0 Å². The molecule has 0 aliphatic rings. The fraction of sp³-hybridized carbons (Fsp3) is 0.273. The van der Waals surface area contributed by atoms with E-state index < -0.39 is 5.82 Å². The molecule has 0 N–H and O–H groups in total. The van der Waals surface area contributed by atoms with Gasteiger partial charge in [-0.05, 0) is 31.0 Å². The van der Waals surface area contributed by atoms with E-state index in [0.717, 1.165) is 0 Å². The maximum Gasteiger partial charge on any atom is 0.160 e. The molecule has 0 bridgehead atoms. The smallest absolute Gasteiger partial charge is 0.160 e. The zero-order chi connectivity index (χ0) is 10.7. The Labute approximate surface area is 82.0 Å². The average molecular weight is 191 g/mol. The first-order chi connectivity index (χ1) is 6.61. The van der Waals surface area contributed by atoms with Crippen LogP contribution in [0.2, 0.25) is 0 Å². The maximum atomic E-state index is 13.5. The Kier molecular flexibility index (Phi) is 2.98. The minimum absolute atomic E-state index is 0.00755. The zero-order valence-electron chi connectivity index (χ0n) is 8.10. The second kappa shape index (κ2) is 4.01. The lowest BCUT2D eigenvalue weighted by molar-refractivity contribution is 0.101. The van der Waals surface area contributed by atoms with Crippen molar-refractivity contribution in [3.63, 3.8) is 0 Å². The summed E-state index contributed by atoms with van der Waals surface area (Å²) in [6.45, 7) is 3.14. The summed E-state index contributed by atoms with van der Waals surface area (Å²) in [4.78, 5) is 11.1. The largest absolute Gasteiger partial charge is 0.294 e. The number of ketones is 1. The van der Waals surface area contributed by atoms with E-state index in [1.54, 1.807) is 13.0 Å². The lowest BCUT2D eigenvalue weighted by Crippen LogP contribution is -2.03. The van der Waals surface area contributed by atoms with E-state index in [4.69, 9.17) is 5.26 Å². The van der Waals surface area contributed by atoms with Crippen LogP contribution in [-0.2, 0) is 6.42 Å². The van der Waals surface area contributed by atoms with Gasteiger partial charge in [0.25, 0.3) is 0 Å². The summed E-state index contributed by atoms with van der Waals surface area (Å²) in [5.74, 6) is -0.743. The molecule has 0 radical (unpaired) electrons. The molecule has 1 aromatic rings. The van der Waals surface area contributed by atoms with Crippen LogP contribution in [0.1, 0.15) is 35.3 Å². The molecular formula is C11H10FNO. The normalized spacial score (nSPS) is 9.57. The van der Waals surface area contributed by atoms with Gasteiger partial charge in [-0.25, -0.2) is 4.39 Å². The number of nitriles is 1. The minimum Gasteiger partial charge on any atom is -0.294 e. The Morgan fingerprint density at radius 1 is 1.57 bits per heavy atom. The molecule has 2 nitrogen and oxygen atoms in total. The van der Waals surface area contributed by atoms with Gasteiger partial charge >= 0.3 is 0 Å². The molecule has 0 saturated heterocycles. The van der Waals surface area contributed by atoms with Gasteiger partial charge in [0, 0.05) is 5.56 Å². The fourth-order valence-corrected chi connectivity index (χ4v) is 1.38. The molecule has 1 aromatic carbocycles. The number of Topliss-reactive ketones (excluding diaryl/α,β-unsaturated/α-hetero) is 1. The van der Waals surface area contributed by atoms with Crippen LogP contribution in [0.4, 0.5) is 4.39 Å². The third kappa shape index (κ3) is 1.64. The predicted molar refractivity (Wildman–Crippen MR) is 50.5 cm³/mol. The van der Waals surface area contributed by atoms with Crippen molar-refractivity contribution in [2.75, 3.05) is 0 Å². The van der Waals surface area contributed by atoms with Gasteiger partial charge in [-0.3, -0.25) is 4.79 Å². The van der Waals surface area contributed by atoms with Crippen LogP contribution in [0.15, 0.2) is 12.1 Å². The second-order valence-corrected chi connectivity index (χ2v) is 2.97. The third-order valence-corrected chi connectivity index (χ3v) is 2.10. The van der Waals surface area contributed by atoms with Crippen molar-refractivity contribution >= 4 is 5.78 Å². The molecule has 1 rings (SSSR count). The number of nitrogens with zero attached hydrogens (tertiary/aromatic N) is 1. The van der Waals surface area contributed by atoms with Gasteiger partial charge in [-0.15, -0.1) is 0 Å². The molecule has 0 spiro atoms. The molecule has 3 heteroatoms.